The third-order valence-electron chi connectivity index (χ3n) is 1.52. The third-order valence-corrected chi connectivity index (χ3v) is 3.44. The van der Waals surface area contributed by atoms with Crippen LogP contribution in [-0.4, -0.2) is 31.1 Å². The average Bonchev–Trinajstić information content (AvgIpc) is 1.88. The summed E-state index contributed by atoms with van der Waals surface area (Å²) in [4.78, 5) is 0. The van der Waals surface area contributed by atoms with Gasteiger partial charge in [-0.1, -0.05) is 19.6 Å². The average molecular weight is 190 g/mol. The molecule has 0 spiro atoms. The van der Waals surface area contributed by atoms with Crippen LogP contribution in [0.4, 0.5) is 0 Å². The number of hydrogen-bond donors (Lipinski definition) is 0. The summed E-state index contributed by atoms with van der Waals surface area (Å²) in [5, 5.41) is 1.41. The summed E-state index contributed by atoms with van der Waals surface area (Å²) in [6.07, 6.45) is 0. The molecule has 1 aromatic rings. The summed E-state index contributed by atoms with van der Waals surface area (Å²) in [6.45, 7) is 7.00. The van der Waals surface area contributed by atoms with Crippen molar-refractivity contribution in [2.75, 3.05) is 0 Å². The molecule has 3 heteroatoms. The molecular weight excluding hydrogens is 174 g/mol. The molecule has 0 amide bonds. The van der Waals surface area contributed by atoms with Crippen molar-refractivity contribution < 1.29 is 0 Å². The molecule has 1 aromatic carbocycles. The van der Waals surface area contributed by atoms with Crippen LogP contribution in [0.1, 0.15) is 0 Å². The summed E-state index contributed by atoms with van der Waals surface area (Å²) < 4.78 is 0. The first-order valence-corrected chi connectivity index (χ1v) is 7.08. The van der Waals surface area contributed by atoms with Crippen molar-refractivity contribution in [1.82, 2.24) is 0 Å². The van der Waals surface area contributed by atoms with Gasteiger partial charge in [0.2, 0.25) is 0 Å². The summed E-state index contributed by atoms with van der Waals surface area (Å²) in [5.74, 6) is 0. The predicted octanol–water partition coefficient (Wildman–Crippen LogP) is 2.37. The van der Waals surface area contributed by atoms with Crippen LogP contribution in [0, 0.1) is 6.07 Å². The van der Waals surface area contributed by atoms with E-state index >= 15 is 0 Å². The van der Waals surface area contributed by atoms with Gasteiger partial charge in [-0.3, -0.25) is 0 Å². The Morgan fingerprint density at radius 1 is 1.17 bits per heavy atom. The Bertz CT molecular complexity index is 206. The largest absolute Gasteiger partial charge is 2.00 e. The minimum absolute atomic E-state index is 0. The van der Waals surface area contributed by atoms with E-state index in [1.807, 2.05) is 12.1 Å². The Labute approximate surface area is 92.3 Å². The zero-order valence-corrected chi connectivity index (χ0v) is 10.5. The molecule has 0 aliphatic carbocycles. The molecule has 0 fully saturated rings. The van der Waals surface area contributed by atoms with Gasteiger partial charge in [-0.2, -0.15) is 35.5 Å². The number of rotatable bonds is 1. The maximum Gasteiger partial charge on any atom is 2.00 e. The molecule has 1 nitrogen and oxygen atoms in total. The van der Waals surface area contributed by atoms with Crippen molar-refractivity contribution in [2.45, 2.75) is 19.6 Å². The van der Waals surface area contributed by atoms with Gasteiger partial charge in [0.25, 0.3) is 0 Å². The molecule has 0 atom stereocenters. The van der Waals surface area contributed by atoms with Gasteiger partial charge in [0.15, 0.2) is 0 Å². The summed E-state index contributed by atoms with van der Waals surface area (Å²) in [5.41, 5.74) is 0. The second-order valence-electron chi connectivity index (χ2n) is 3.53. The molecule has 0 bridgehead atoms. The molecule has 0 saturated heterocycles. The molecule has 2 N–H and O–H groups in total. The Morgan fingerprint density at radius 3 is 2.00 bits per heavy atom. The number of benzene rings is 1. The first-order valence-electron chi connectivity index (χ1n) is 3.58. The van der Waals surface area contributed by atoms with E-state index in [-0.39, 0.29) is 29.2 Å². The SMILES string of the molecule is C[Si](C)(C)c1[c-]cccc1.[Mg+2].[NH2-]. The van der Waals surface area contributed by atoms with Crippen molar-refractivity contribution in [1.29, 1.82) is 0 Å². The summed E-state index contributed by atoms with van der Waals surface area (Å²) in [6, 6.07) is 11.5. The molecule has 0 heterocycles. The third kappa shape index (κ3) is 4.25. The van der Waals surface area contributed by atoms with Crippen LogP contribution < -0.4 is 5.19 Å². The van der Waals surface area contributed by atoms with E-state index in [4.69, 9.17) is 0 Å². The van der Waals surface area contributed by atoms with E-state index < -0.39 is 8.07 Å². The summed E-state index contributed by atoms with van der Waals surface area (Å²) >= 11 is 0. The minimum Gasteiger partial charge on any atom is -0.693 e. The fourth-order valence-corrected chi connectivity index (χ4v) is 1.97. The zero-order valence-electron chi connectivity index (χ0n) is 8.09. The van der Waals surface area contributed by atoms with Gasteiger partial charge in [-0.15, -0.1) is 0 Å². The fourth-order valence-electron chi connectivity index (χ4n) is 0.860. The molecule has 0 aliphatic heterocycles. The van der Waals surface area contributed by atoms with Crippen LogP contribution in [0.15, 0.2) is 24.3 Å². The van der Waals surface area contributed by atoms with E-state index in [1.165, 1.54) is 5.19 Å². The molecule has 12 heavy (non-hydrogen) atoms. The van der Waals surface area contributed by atoms with Crippen LogP contribution in [-0.2, 0) is 0 Å². The van der Waals surface area contributed by atoms with E-state index in [9.17, 15) is 0 Å². The smallest absolute Gasteiger partial charge is 0.693 e. The predicted molar refractivity (Wildman–Crippen MR) is 59.3 cm³/mol. The molecule has 62 valence electrons. The fraction of sp³-hybridized carbons (Fsp3) is 0.333. The first kappa shape index (κ1) is 14.7. The standard InChI is InChI=1S/C9H13Si.Mg.H2N/c1-10(2,3)9-7-5-4-6-8-9;;/h4-7H,1-3H3;;1H2/q-1;+2;-1. The van der Waals surface area contributed by atoms with Gasteiger partial charge in [-0.05, 0) is 0 Å². The second kappa shape index (κ2) is 5.75. The van der Waals surface area contributed by atoms with Crippen LogP contribution in [0.3, 0.4) is 0 Å². The molecule has 0 aliphatic rings. The molecule has 0 saturated carbocycles. The first-order chi connectivity index (χ1) is 4.61. The van der Waals surface area contributed by atoms with Crippen LogP contribution in [0.5, 0.6) is 0 Å². The zero-order chi connectivity index (χ0) is 7.61. The van der Waals surface area contributed by atoms with Crippen LogP contribution >= 0.6 is 0 Å². The Hall–Kier alpha value is 0.163. The molecule has 1 rings (SSSR count). The van der Waals surface area contributed by atoms with E-state index in [0.29, 0.717) is 0 Å². The summed E-state index contributed by atoms with van der Waals surface area (Å²) in [7, 11) is -1.09. The maximum atomic E-state index is 3.27. The van der Waals surface area contributed by atoms with Gasteiger partial charge in [0, 0.05) is 0 Å². The number of hydrogen-bond acceptors (Lipinski definition) is 0. The van der Waals surface area contributed by atoms with Crippen molar-refractivity contribution >= 4 is 36.3 Å². The Morgan fingerprint density at radius 2 is 1.75 bits per heavy atom. The quantitative estimate of drug-likeness (QED) is 0.480. The Balaban J connectivity index is 0. The van der Waals surface area contributed by atoms with E-state index in [1.54, 1.807) is 0 Å². The van der Waals surface area contributed by atoms with Crippen LogP contribution in [0.25, 0.3) is 6.15 Å². The molecular formula is C9H15MgNSi. The molecule has 0 aromatic heterocycles. The van der Waals surface area contributed by atoms with Crippen molar-refractivity contribution in [3.05, 3.63) is 36.5 Å². The normalized spacial score (nSPS) is 9.58. The van der Waals surface area contributed by atoms with Gasteiger partial charge < -0.3 is 6.15 Å². The van der Waals surface area contributed by atoms with Gasteiger partial charge in [0.1, 0.15) is 0 Å². The minimum atomic E-state index is -1.09. The van der Waals surface area contributed by atoms with E-state index in [2.05, 4.69) is 37.8 Å². The number of nitrogens with two attached hydrogens (primary N) is 1. The maximum absolute atomic E-state index is 3.27. The Kier molecular flexibility index (Phi) is 7.03. The van der Waals surface area contributed by atoms with Crippen molar-refractivity contribution in [2.24, 2.45) is 0 Å². The van der Waals surface area contributed by atoms with Gasteiger partial charge >= 0.3 is 23.1 Å². The monoisotopic (exact) mass is 189 g/mol. The van der Waals surface area contributed by atoms with Crippen molar-refractivity contribution in [3.8, 4) is 0 Å². The van der Waals surface area contributed by atoms with E-state index in [0.717, 1.165) is 0 Å². The molecule has 0 radical (unpaired) electrons. The topological polar surface area (TPSA) is 33.5 Å². The van der Waals surface area contributed by atoms with Crippen molar-refractivity contribution in [3.63, 3.8) is 0 Å². The molecule has 0 unspecified atom stereocenters. The van der Waals surface area contributed by atoms with Gasteiger partial charge in [0.05, 0.1) is 8.07 Å². The van der Waals surface area contributed by atoms with Crippen LogP contribution in [0.2, 0.25) is 19.6 Å². The van der Waals surface area contributed by atoms with Gasteiger partial charge in [-0.25, -0.2) is 0 Å². The second-order valence-corrected chi connectivity index (χ2v) is 8.56.